The van der Waals surface area contributed by atoms with Crippen molar-refractivity contribution < 1.29 is 22.7 Å². The average molecular weight is 502 g/mol. The molecule has 4 aromatic rings. The summed E-state index contributed by atoms with van der Waals surface area (Å²) in [4.78, 5) is 24.3. The lowest BCUT2D eigenvalue weighted by Crippen LogP contribution is -2.38. The number of methoxy groups -OCH3 is 1. The van der Waals surface area contributed by atoms with Crippen molar-refractivity contribution in [3.8, 4) is 11.1 Å². The lowest BCUT2D eigenvalue weighted by atomic mass is 9.93. The second kappa shape index (κ2) is 9.41. The number of nitrogens with one attached hydrogen (secondary N) is 3. The number of pyridine rings is 1. The second-order valence-electron chi connectivity index (χ2n) is 9.05. The van der Waals surface area contributed by atoms with Crippen LogP contribution in [-0.4, -0.2) is 61.9 Å². The number of anilines is 1. The number of ether oxygens (including phenoxy) is 1. The Balaban J connectivity index is 1.38. The molecule has 0 unspecified atom stereocenters. The molecule has 1 aliphatic carbocycles. The summed E-state index contributed by atoms with van der Waals surface area (Å²) < 4.78 is 45.6. The zero-order chi connectivity index (χ0) is 25.4. The van der Waals surface area contributed by atoms with Gasteiger partial charge in [0.15, 0.2) is 0 Å². The summed E-state index contributed by atoms with van der Waals surface area (Å²) in [6, 6.07) is 2.00. The largest absolute Gasteiger partial charge is 0.408 e. The summed E-state index contributed by atoms with van der Waals surface area (Å²) in [5.41, 5.74) is 3.05. The third kappa shape index (κ3) is 4.72. The van der Waals surface area contributed by atoms with Gasteiger partial charge in [0.2, 0.25) is 5.95 Å². The molecule has 0 radical (unpaired) electrons. The molecule has 1 fully saturated rings. The maximum Gasteiger partial charge on any atom is 0.408 e. The van der Waals surface area contributed by atoms with Crippen molar-refractivity contribution in [1.29, 1.82) is 0 Å². The molecule has 1 atom stereocenters. The van der Waals surface area contributed by atoms with Gasteiger partial charge in [-0.15, -0.1) is 0 Å². The van der Waals surface area contributed by atoms with Crippen molar-refractivity contribution >= 4 is 28.4 Å². The van der Waals surface area contributed by atoms with E-state index >= 15 is 0 Å². The molecule has 0 aromatic carbocycles. The molecule has 1 amide bonds. The normalized spacial score (nSPS) is 19.5. The molecule has 1 aliphatic rings. The fourth-order valence-corrected chi connectivity index (χ4v) is 4.52. The Labute approximate surface area is 204 Å². The lowest BCUT2D eigenvalue weighted by molar-refractivity contribution is -0.138. The molecule has 12 heteroatoms. The highest BCUT2D eigenvalue weighted by molar-refractivity contribution is 6.02. The van der Waals surface area contributed by atoms with E-state index in [1.54, 1.807) is 30.2 Å². The Morgan fingerprint density at radius 2 is 2.03 bits per heavy atom. The predicted octanol–water partition coefficient (Wildman–Crippen LogP) is 4.32. The fourth-order valence-electron chi connectivity index (χ4n) is 4.52. The van der Waals surface area contributed by atoms with E-state index in [9.17, 15) is 18.0 Å². The zero-order valence-electron chi connectivity index (χ0n) is 19.8. The molecule has 1 saturated carbocycles. The van der Waals surface area contributed by atoms with Crippen molar-refractivity contribution in [1.82, 2.24) is 29.9 Å². The van der Waals surface area contributed by atoms with Gasteiger partial charge in [0.05, 0.1) is 23.4 Å². The molecule has 0 aliphatic heterocycles. The molecular formula is C24H26F3N7O2. The molecule has 4 aromatic heterocycles. The van der Waals surface area contributed by atoms with Crippen LogP contribution in [0.25, 0.3) is 27.7 Å². The fraction of sp³-hybridized carbons (Fsp3) is 0.417. The summed E-state index contributed by atoms with van der Waals surface area (Å²) in [5.74, 6) is -0.301. The van der Waals surface area contributed by atoms with Gasteiger partial charge >= 0.3 is 6.18 Å². The zero-order valence-corrected chi connectivity index (χ0v) is 19.8. The van der Waals surface area contributed by atoms with E-state index in [-0.39, 0.29) is 24.0 Å². The number of carbonyl (C=O) groups is 1. The van der Waals surface area contributed by atoms with Gasteiger partial charge in [-0.1, -0.05) is 0 Å². The number of fused-ring (bicyclic) bond motifs is 2. The summed E-state index contributed by atoms with van der Waals surface area (Å²) in [5, 5.41) is 10.3. The van der Waals surface area contributed by atoms with Crippen LogP contribution in [0, 0.1) is 0 Å². The van der Waals surface area contributed by atoms with Crippen LogP contribution in [0.2, 0.25) is 0 Å². The number of aromatic nitrogens is 5. The number of hydrogen-bond acceptors (Lipinski definition) is 6. The van der Waals surface area contributed by atoms with Gasteiger partial charge < -0.3 is 20.4 Å². The van der Waals surface area contributed by atoms with Crippen molar-refractivity contribution in [2.45, 2.75) is 57.0 Å². The SMILES string of the molecule is COC1CCC(NC(=O)c2cnn3ccc(-c4c[nH]c5nc(N[C@@H](C)C(F)(F)F)ncc45)cc23)CC1. The standard InChI is InChI=1S/C24H26F3N7O2/c1-13(24(25,26)27)31-23-29-11-18-17(10-28-21(18)33-23)14-7-8-34-20(9-14)19(12-30-34)22(35)32-15-3-5-16(36-2)6-4-15/h7-13,15-16H,3-6H2,1-2H3,(H,32,35)(H2,28,29,31,33)/t13-,15?,16?/m0/s1. The van der Waals surface area contributed by atoms with E-state index in [1.165, 1.54) is 6.20 Å². The van der Waals surface area contributed by atoms with Crippen LogP contribution in [0.4, 0.5) is 19.1 Å². The molecule has 4 heterocycles. The van der Waals surface area contributed by atoms with Gasteiger partial charge in [-0.25, -0.2) is 9.50 Å². The van der Waals surface area contributed by atoms with E-state index in [0.29, 0.717) is 22.1 Å². The molecular weight excluding hydrogens is 475 g/mol. The Morgan fingerprint density at radius 3 is 2.75 bits per heavy atom. The van der Waals surface area contributed by atoms with E-state index in [2.05, 4.69) is 30.7 Å². The molecule has 0 saturated heterocycles. The van der Waals surface area contributed by atoms with Gasteiger partial charge in [-0.2, -0.15) is 23.3 Å². The minimum atomic E-state index is -4.41. The van der Waals surface area contributed by atoms with Crippen molar-refractivity contribution in [3.63, 3.8) is 0 Å². The van der Waals surface area contributed by atoms with Crippen LogP contribution in [0.5, 0.6) is 0 Å². The molecule has 36 heavy (non-hydrogen) atoms. The van der Waals surface area contributed by atoms with Crippen molar-refractivity contribution in [3.05, 3.63) is 42.5 Å². The molecule has 0 spiro atoms. The third-order valence-electron chi connectivity index (χ3n) is 6.69. The number of rotatable bonds is 6. The number of halogens is 3. The van der Waals surface area contributed by atoms with E-state index in [1.807, 2.05) is 12.1 Å². The quantitative estimate of drug-likeness (QED) is 0.363. The summed E-state index contributed by atoms with van der Waals surface area (Å²) in [6.45, 7) is 1.01. The van der Waals surface area contributed by atoms with Gasteiger partial charge in [0.25, 0.3) is 5.91 Å². The number of alkyl halides is 3. The highest BCUT2D eigenvalue weighted by Gasteiger charge is 2.36. The maximum absolute atomic E-state index is 13.0. The lowest BCUT2D eigenvalue weighted by Gasteiger charge is -2.28. The first-order valence-corrected chi connectivity index (χ1v) is 11.7. The monoisotopic (exact) mass is 501 g/mol. The highest BCUT2D eigenvalue weighted by Crippen LogP contribution is 2.30. The Kier molecular flexibility index (Phi) is 6.29. The average Bonchev–Trinajstić information content (AvgIpc) is 3.47. The Hall–Kier alpha value is -3.67. The molecule has 5 rings (SSSR count). The van der Waals surface area contributed by atoms with Crippen LogP contribution in [-0.2, 0) is 4.74 Å². The summed E-state index contributed by atoms with van der Waals surface area (Å²) in [7, 11) is 1.71. The number of nitrogens with zero attached hydrogens (tertiary/aromatic N) is 4. The van der Waals surface area contributed by atoms with Gasteiger partial charge in [-0.3, -0.25) is 4.79 Å². The third-order valence-corrected chi connectivity index (χ3v) is 6.69. The van der Waals surface area contributed by atoms with Crippen LogP contribution >= 0.6 is 0 Å². The maximum atomic E-state index is 13.0. The van der Waals surface area contributed by atoms with Gasteiger partial charge in [0.1, 0.15) is 11.7 Å². The number of H-pyrrole nitrogens is 1. The van der Waals surface area contributed by atoms with E-state index < -0.39 is 12.2 Å². The first-order chi connectivity index (χ1) is 17.2. The molecule has 0 bridgehead atoms. The minimum Gasteiger partial charge on any atom is -0.381 e. The summed E-state index contributed by atoms with van der Waals surface area (Å²) >= 11 is 0. The van der Waals surface area contributed by atoms with Crippen molar-refractivity contribution in [2.75, 3.05) is 12.4 Å². The van der Waals surface area contributed by atoms with Gasteiger partial charge in [0, 0.05) is 42.7 Å². The summed E-state index contributed by atoms with van der Waals surface area (Å²) in [6.07, 6.45) is 5.89. The molecule has 3 N–H and O–H groups in total. The topological polar surface area (TPSA) is 109 Å². The number of amides is 1. The molecule has 9 nitrogen and oxygen atoms in total. The number of hydrogen-bond donors (Lipinski definition) is 3. The minimum absolute atomic E-state index is 0.0932. The van der Waals surface area contributed by atoms with Crippen LogP contribution in [0.15, 0.2) is 36.9 Å². The predicted molar refractivity (Wildman–Crippen MR) is 128 cm³/mol. The van der Waals surface area contributed by atoms with Crippen LogP contribution in [0.3, 0.4) is 0 Å². The highest BCUT2D eigenvalue weighted by atomic mass is 19.4. The van der Waals surface area contributed by atoms with E-state index in [4.69, 9.17) is 4.74 Å². The number of carbonyl (C=O) groups excluding carboxylic acids is 1. The first-order valence-electron chi connectivity index (χ1n) is 11.7. The van der Waals surface area contributed by atoms with Crippen molar-refractivity contribution in [2.24, 2.45) is 0 Å². The Morgan fingerprint density at radius 1 is 1.25 bits per heavy atom. The first kappa shape index (κ1) is 24.0. The number of aromatic amines is 1. The van der Waals surface area contributed by atoms with Crippen LogP contribution < -0.4 is 10.6 Å². The second-order valence-corrected chi connectivity index (χ2v) is 9.05. The Bertz CT molecular complexity index is 1390. The smallest absolute Gasteiger partial charge is 0.381 e. The van der Waals surface area contributed by atoms with E-state index in [0.717, 1.165) is 43.7 Å². The van der Waals surface area contributed by atoms with Gasteiger partial charge in [-0.05, 0) is 50.3 Å². The van der Waals surface area contributed by atoms with Crippen LogP contribution in [0.1, 0.15) is 43.0 Å². The molecule has 190 valence electrons.